The molecule has 0 aromatic heterocycles. The third kappa shape index (κ3) is 5.19. The van der Waals surface area contributed by atoms with Gasteiger partial charge in [0.1, 0.15) is 5.75 Å². The van der Waals surface area contributed by atoms with Gasteiger partial charge < -0.3 is 10.1 Å². The first-order valence-corrected chi connectivity index (χ1v) is 10.5. The lowest BCUT2D eigenvalue weighted by Crippen LogP contribution is -2.49. The van der Waals surface area contributed by atoms with Gasteiger partial charge in [-0.3, -0.25) is 20.4 Å². The minimum Gasteiger partial charge on any atom is -0.483 e. The molecule has 0 aliphatic carbocycles. The van der Waals surface area contributed by atoms with Crippen LogP contribution in [0.25, 0.3) is 21.5 Å². The van der Waals surface area contributed by atoms with Crippen LogP contribution in [-0.4, -0.2) is 23.5 Å². The van der Waals surface area contributed by atoms with Crippen molar-refractivity contribution in [2.24, 2.45) is 0 Å². The van der Waals surface area contributed by atoms with Crippen LogP contribution in [0.1, 0.15) is 5.56 Å². The average Bonchev–Trinajstić information content (AvgIpc) is 2.81. The fraction of sp³-hybridized carbons (Fsp3) is 0.0800. The summed E-state index contributed by atoms with van der Waals surface area (Å²) < 4.78 is 5.63. The highest BCUT2D eigenvalue weighted by molar-refractivity contribution is 7.80. The molecule has 2 amide bonds. The predicted octanol–water partition coefficient (Wildman–Crippen LogP) is 3.64. The molecule has 0 bridgehead atoms. The number of hydrazine groups is 1. The Bertz CT molecular complexity index is 1300. The van der Waals surface area contributed by atoms with Crippen molar-refractivity contribution in [3.8, 4) is 5.75 Å². The maximum absolute atomic E-state index is 12.4. The van der Waals surface area contributed by atoms with Crippen LogP contribution < -0.4 is 20.9 Å². The number of ether oxygens (including phenoxy) is 1. The summed E-state index contributed by atoms with van der Waals surface area (Å²) in [4.78, 5) is 24.5. The van der Waals surface area contributed by atoms with Gasteiger partial charge in [-0.05, 0) is 40.0 Å². The van der Waals surface area contributed by atoms with Gasteiger partial charge in [0, 0.05) is 5.39 Å². The van der Waals surface area contributed by atoms with Gasteiger partial charge in [-0.1, -0.05) is 78.9 Å². The second-order valence-corrected chi connectivity index (χ2v) is 7.54. The topological polar surface area (TPSA) is 79.5 Å². The molecule has 7 heteroatoms. The molecule has 0 spiro atoms. The second-order valence-electron chi connectivity index (χ2n) is 7.13. The Kier molecular flexibility index (Phi) is 6.57. The van der Waals surface area contributed by atoms with Crippen LogP contribution in [0.2, 0.25) is 0 Å². The Morgan fingerprint density at radius 1 is 0.719 bits per heavy atom. The summed E-state index contributed by atoms with van der Waals surface area (Å²) in [6, 6.07) is 27.1. The number of hydrogen-bond donors (Lipinski definition) is 3. The van der Waals surface area contributed by atoms with Gasteiger partial charge in [0.15, 0.2) is 11.7 Å². The number of nitrogens with one attached hydrogen (secondary N) is 3. The van der Waals surface area contributed by atoms with Crippen molar-refractivity contribution in [1.29, 1.82) is 0 Å². The van der Waals surface area contributed by atoms with Crippen molar-refractivity contribution in [3.05, 3.63) is 90.5 Å². The van der Waals surface area contributed by atoms with Crippen LogP contribution in [-0.2, 0) is 16.0 Å². The van der Waals surface area contributed by atoms with E-state index in [1.54, 1.807) is 6.07 Å². The lowest BCUT2D eigenvalue weighted by atomic mass is 10.0. The molecule has 3 N–H and O–H groups in total. The molecule has 0 aliphatic heterocycles. The second kappa shape index (κ2) is 9.89. The van der Waals surface area contributed by atoms with E-state index >= 15 is 0 Å². The van der Waals surface area contributed by atoms with Gasteiger partial charge in [-0.15, -0.1) is 0 Å². The summed E-state index contributed by atoms with van der Waals surface area (Å²) in [6.07, 6.45) is 0.168. The lowest BCUT2D eigenvalue weighted by Gasteiger charge is -2.12. The molecule has 0 atom stereocenters. The average molecular weight is 444 g/mol. The van der Waals surface area contributed by atoms with Crippen LogP contribution in [0, 0.1) is 0 Å². The van der Waals surface area contributed by atoms with E-state index in [1.165, 1.54) is 0 Å². The molecule has 160 valence electrons. The first-order valence-electron chi connectivity index (χ1n) is 10.1. The Labute approximate surface area is 190 Å². The maximum Gasteiger partial charge on any atom is 0.276 e. The number of amides is 2. The summed E-state index contributed by atoms with van der Waals surface area (Å²) in [5.74, 6) is -0.0899. The molecule has 0 aliphatic rings. The van der Waals surface area contributed by atoms with E-state index in [0.29, 0.717) is 5.75 Å². The van der Waals surface area contributed by atoms with Crippen LogP contribution >= 0.6 is 12.2 Å². The first-order chi connectivity index (χ1) is 15.6. The standard InChI is InChI=1S/C25H21N3O3S/c29-23(15-19-11-5-9-17-7-1-3-12-20(17)19)26-25(32)28-27-24(30)16-31-22-14-6-10-18-8-2-4-13-21(18)22/h1-14H,15-16H2,(H,27,30)(H2,26,28,29,32). The number of rotatable bonds is 5. The molecule has 6 nitrogen and oxygen atoms in total. The van der Waals surface area contributed by atoms with Gasteiger partial charge in [0.2, 0.25) is 5.91 Å². The molecular weight excluding hydrogens is 422 g/mol. The monoisotopic (exact) mass is 443 g/mol. The third-order valence-electron chi connectivity index (χ3n) is 4.91. The Balaban J connectivity index is 1.25. The zero-order valence-electron chi connectivity index (χ0n) is 17.1. The van der Waals surface area contributed by atoms with E-state index in [-0.39, 0.29) is 24.0 Å². The molecule has 0 radical (unpaired) electrons. The van der Waals surface area contributed by atoms with E-state index in [2.05, 4.69) is 16.2 Å². The number of thiocarbonyl (C=S) groups is 1. The fourth-order valence-corrected chi connectivity index (χ4v) is 3.61. The quantitative estimate of drug-likeness (QED) is 0.324. The van der Waals surface area contributed by atoms with E-state index in [0.717, 1.165) is 27.1 Å². The van der Waals surface area contributed by atoms with Crippen LogP contribution in [0.3, 0.4) is 0 Å². The SMILES string of the molecule is O=C(COc1cccc2ccccc12)NNC(=S)NC(=O)Cc1cccc2ccccc12. The summed E-state index contributed by atoms with van der Waals surface area (Å²) in [5.41, 5.74) is 5.86. The molecule has 4 aromatic carbocycles. The number of carbonyl (C=O) groups is 2. The van der Waals surface area contributed by atoms with Gasteiger partial charge in [0.05, 0.1) is 6.42 Å². The first kappa shape index (κ1) is 21.3. The number of benzene rings is 4. The Morgan fingerprint density at radius 3 is 2.12 bits per heavy atom. The molecular formula is C25H21N3O3S. The van der Waals surface area contributed by atoms with E-state index in [9.17, 15) is 9.59 Å². The zero-order valence-corrected chi connectivity index (χ0v) is 17.9. The smallest absolute Gasteiger partial charge is 0.276 e. The molecule has 0 unspecified atom stereocenters. The molecule has 0 heterocycles. The van der Waals surface area contributed by atoms with Crippen molar-refractivity contribution in [3.63, 3.8) is 0 Å². The number of hydrogen-bond acceptors (Lipinski definition) is 4. The Hall–Kier alpha value is -3.97. The van der Waals surface area contributed by atoms with Gasteiger partial charge in [-0.25, -0.2) is 0 Å². The fourth-order valence-electron chi connectivity index (χ4n) is 3.45. The zero-order chi connectivity index (χ0) is 22.3. The predicted molar refractivity (Wildman–Crippen MR) is 129 cm³/mol. The maximum atomic E-state index is 12.4. The number of carbonyl (C=O) groups excluding carboxylic acids is 2. The molecule has 4 rings (SSSR count). The highest BCUT2D eigenvalue weighted by Gasteiger charge is 2.10. The molecule has 0 saturated heterocycles. The highest BCUT2D eigenvalue weighted by atomic mass is 32.1. The molecule has 0 fully saturated rings. The van der Waals surface area contributed by atoms with Crippen molar-refractivity contribution < 1.29 is 14.3 Å². The summed E-state index contributed by atoms with van der Waals surface area (Å²) in [5, 5.41) is 6.61. The highest BCUT2D eigenvalue weighted by Crippen LogP contribution is 2.25. The van der Waals surface area contributed by atoms with Gasteiger partial charge in [0.25, 0.3) is 5.91 Å². The third-order valence-corrected chi connectivity index (χ3v) is 5.11. The Morgan fingerprint density at radius 2 is 1.34 bits per heavy atom. The largest absolute Gasteiger partial charge is 0.483 e. The van der Waals surface area contributed by atoms with Gasteiger partial charge >= 0.3 is 0 Å². The number of fused-ring (bicyclic) bond motifs is 2. The van der Waals surface area contributed by atoms with Crippen LogP contribution in [0.4, 0.5) is 0 Å². The van der Waals surface area contributed by atoms with Crippen molar-refractivity contribution in [2.45, 2.75) is 6.42 Å². The van der Waals surface area contributed by atoms with E-state index in [1.807, 2.05) is 78.9 Å². The molecule has 0 saturated carbocycles. The van der Waals surface area contributed by atoms with Gasteiger partial charge in [-0.2, -0.15) is 0 Å². The molecule has 4 aromatic rings. The normalized spacial score (nSPS) is 10.5. The minimum atomic E-state index is -0.427. The van der Waals surface area contributed by atoms with E-state index in [4.69, 9.17) is 17.0 Å². The van der Waals surface area contributed by atoms with Crippen LogP contribution in [0.5, 0.6) is 5.75 Å². The molecule has 32 heavy (non-hydrogen) atoms. The minimum absolute atomic E-state index is 0.00810. The summed E-state index contributed by atoms with van der Waals surface area (Å²) in [6.45, 7) is -0.201. The summed E-state index contributed by atoms with van der Waals surface area (Å²) in [7, 11) is 0. The van der Waals surface area contributed by atoms with Crippen molar-refractivity contribution >= 4 is 50.7 Å². The van der Waals surface area contributed by atoms with E-state index < -0.39 is 5.91 Å². The van der Waals surface area contributed by atoms with Crippen LogP contribution in [0.15, 0.2) is 84.9 Å². The summed E-state index contributed by atoms with van der Waals surface area (Å²) >= 11 is 5.10. The van der Waals surface area contributed by atoms with Crippen molar-refractivity contribution in [2.75, 3.05) is 6.61 Å². The lowest BCUT2D eigenvalue weighted by molar-refractivity contribution is -0.124. The van der Waals surface area contributed by atoms with Crippen molar-refractivity contribution in [1.82, 2.24) is 16.2 Å².